The summed E-state index contributed by atoms with van der Waals surface area (Å²) in [5.41, 5.74) is 0.112. The lowest BCUT2D eigenvalue weighted by molar-refractivity contribution is -0.207. The minimum absolute atomic E-state index is 0.0570. The molecule has 0 amide bonds. The van der Waals surface area contributed by atoms with Crippen LogP contribution in [0.1, 0.15) is 78.6 Å². The van der Waals surface area contributed by atoms with Gasteiger partial charge in [-0.25, -0.2) is 0 Å². The summed E-state index contributed by atoms with van der Waals surface area (Å²) in [7, 11) is 2.02. The number of hydrogen-bond donors (Lipinski definition) is 4. The highest BCUT2D eigenvalue weighted by Crippen LogP contribution is 2.68. The van der Waals surface area contributed by atoms with Crippen LogP contribution in [-0.2, 0) is 0 Å². The minimum atomic E-state index is -0.265. The van der Waals surface area contributed by atoms with Gasteiger partial charge >= 0.3 is 0 Å². The quantitative estimate of drug-likeness (QED) is 0.526. The predicted molar refractivity (Wildman–Crippen MR) is 116 cm³/mol. The molecule has 4 saturated carbocycles. The lowest BCUT2D eigenvalue weighted by Crippen LogP contribution is -2.62. The van der Waals surface area contributed by atoms with Gasteiger partial charge in [0.1, 0.15) is 0 Å². The number of fused-ring (bicyclic) bond motifs is 5. The molecule has 0 radical (unpaired) electrons. The summed E-state index contributed by atoms with van der Waals surface area (Å²) in [5.74, 6) is 2.75. The number of aliphatic hydroxyl groups is 3. The third-order valence-electron chi connectivity index (χ3n) is 10.6. The van der Waals surface area contributed by atoms with Crippen LogP contribution in [0.25, 0.3) is 0 Å². The highest BCUT2D eigenvalue weighted by molar-refractivity contribution is 5.14. The SMILES string of the molecule is CNCCC[C@@H](C)[C@H]1CC[C@H]2[C@@H]3[C@H](O)C[C@@H]4C[C@H](O)CC[C@]4(C)[C@H]3C[C@H](O)[C@]12C. The molecule has 4 heteroatoms. The van der Waals surface area contributed by atoms with Crippen molar-refractivity contribution in [2.24, 2.45) is 46.3 Å². The van der Waals surface area contributed by atoms with Gasteiger partial charge in [0.25, 0.3) is 0 Å². The minimum Gasteiger partial charge on any atom is -0.393 e. The first-order valence-electron chi connectivity index (χ1n) is 12.4. The van der Waals surface area contributed by atoms with Crippen molar-refractivity contribution in [2.75, 3.05) is 13.6 Å². The van der Waals surface area contributed by atoms with Crippen molar-refractivity contribution in [3.05, 3.63) is 0 Å². The van der Waals surface area contributed by atoms with E-state index in [1.165, 1.54) is 19.3 Å². The van der Waals surface area contributed by atoms with Crippen LogP contribution in [-0.4, -0.2) is 47.2 Å². The van der Waals surface area contributed by atoms with E-state index in [0.717, 1.165) is 45.1 Å². The first-order chi connectivity index (χ1) is 13.7. The van der Waals surface area contributed by atoms with Crippen molar-refractivity contribution in [3.8, 4) is 0 Å². The average molecular weight is 408 g/mol. The second kappa shape index (κ2) is 8.07. The number of nitrogens with one attached hydrogen (secondary N) is 1. The summed E-state index contributed by atoms with van der Waals surface area (Å²) in [5, 5.41) is 36.4. The van der Waals surface area contributed by atoms with E-state index in [1.807, 2.05) is 7.05 Å². The normalized spacial score (nSPS) is 53.1. The highest BCUT2D eigenvalue weighted by Gasteiger charge is 2.65. The molecule has 0 aromatic heterocycles. The van der Waals surface area contributed by atoms with E-state index in [0.29, 0.717) is 35.5 Å². The maximum absolute atomic E-state index is 11.6. The topological polar surface area (TPSA) is 72.7 Å². The molecule has 0 aromatic carbocycles. The molecule has 0 unspecified atom stereocenters. The van der Waals surface area contributed by atoms with Gasteiger partial charge in [-0.3, -0.25) is 0 Å². The van der Waals surface area contributed by atoms with E-state index in [2.05, 4.69) is 26.1 Å². The van der Waals surface area contributed by atoms with Gasteiger partial charge in [-0.05, 0) is 118 Å². The Bertz CT molecular complexity index is 584. The van der Waals surface area contributed by atoms with E-state index in [4.69, 9.17) is 0 Å². The maximum Gasteiger partial charge on any atom is 0.0602 e. The van der Waals surface area contributed by atoms with Crippen LogP contribution in [0.5, 0.6) is 0 Å². The molecule has 0 heterocycles. The van der Waals surface area contributed by atoms with Crippen molar-refractivity contribution in [3.63, 3.8) is 0 Å². The van der Waals surface area contributed by atoms with Crippen LogP contribution in [0.3, 0.4) is 0 Å². The summed E-state index contributed by atoms with van der Waals surface area (Å²) in [6.45, 7) is 8.23. The van der Waals surface area contributed by atoms with Crippen LogP contribution in [0, 0.1) is 46.3 Å². The third kappa shape index (κ3) is 3.41. The molecule has 29 heavy (non-hydrogen) atoms. The second-order valence-corrected chi connectivity index (χ2v) is 11.7. The molecule has 0 aliphatic heterocycles. The average Bonchev–Trinajstić information content (AvgIpc) is 3.03. The molecule has 4 aliphatic rings. The molecule has 0 aromatic rings. The fourth-order valence-corrected chi connectivity index (χ4v) is 8.93. The lowest BCUT2D eigenvalue weighted by atomic mass is 9.43. The molecular formula is C25H45NO3. The van der Waals surface area contributed by atoms with Gasteiger partial charge < -0.3 is 20.6 Å². The Morgan fingerprint density at radius 1 is 1.00 bits per heavy atom. The standard InChI is InChI=1S/C25H45NO3/c1-15(6-5-11-26-4)18-7-8-19-23-20(14-22(29)25(18,19)3)24(2)10-9-17(27)12-16(24)13-21(23)28/h15-23,26-29H,5-14H2,1-4H3/t15-,16+,17-,18-,19+,20+,21-,22+,23+,24+,25-/m1/s1. The first-order valence-corrected chi connectivity index (χ1v) is 12.4. The fourth-order valence-electron chi connectivity index (χ4n) is 8.93. The first kappa shape index (κ1) is 22.0. The van der Waals surface area contributed by atoms with Gasteiger partial charge in [0.2, 0.25) is 0 Å². The molecular weight excluding hydrogens is 362 g/mol. The third-order valence-corrected chi connectivity index (χ3v) is 10.6. The molecule has 4 aliphatic carbocycles. The van der Waals surface area contributed by atoms with Gasteiger partial charge in [0, 0.05) is 0 Å². The summed E-state index contributed by atoms with van der Waals surface area (Å²) in [4.78, 5) is 0. The molecule has 4 N–H and O–H groups in total. The largest absolute Gasteiger partial charge is 0.393 e. The number of aliphatic hydroxyl groups excluding tert-OH is 3. The lowest BCUT2D eigenvalue weighted by Gasteiger charge is -2.63. The van der Waals surface area contributed by atoms with Crippen LogP contribution >= 0.6 is 0 Å². The highest BCUT2D eigenvalue weighted by atomic mass is 16.3. The Morgan fingerprint density at radius 2 is 1.76 bits per heavy atom. The zero-order valence-corrected chi connectivity index (χ0v) is 19.1. The molecule has 0 bridgehead atoms. The molecule has 11 atom stereocenters. The molecule has 0 saturated heterocycles. The maximum atomic E-state index is 11.6. The van der Waals surface area contributed by atoms with Crippen LogP contribution in [0.2, 0.25) is 0 Å². The van der Waals surface area contributed by atoms with Gasteiger partial charge in [0.05, 0.1) is 18.3 Å². The zero-order chi connectivity index (χ0) is 21.0. The monoisotopic (exact) mass is 407 g/mol. The molecule has 4 nitrogen and oxygen atoms in total. The second-order valence-electron chi connectivity index (χ2n) is 11.7. The van der Waals surface area contributed by atoms with E-state index >= 15 is 0 Å². The van der Waals surface area contributed by atoms with Gasteiger partial charge in [-0.1, -0.05) is 20.8 Å². The summed E-state index contributed by atoms with van der Waals surface area (Å²) >= 11 is 0. The molecule has 4 rings (SSSR count). The summed E-state index contributed by atoms with van der Waals surface area (Å²) < 4.78 is 0. The molecule has 0 spiro atoms. The van der Waals surface area contributed by atoms with Crippen molar-refractivity contribution in [1.29, 1.82) is 0 Å². The van der Waals surface area contributed by atoms with Gasteiger partial charge in [-0.2, -0.15) is 0 Å². The predicted octanol–water partition coefficient (Wildman–Crippen LogP) is 3.58. The van der Waals surface area contributed by atoms with Crippen LogP contribution in [0.4, 0.5) is 0 Å². The Balaban J connectivity index is 1.58. The number of rotatable bonds is 5. The Hall–Kier alpha value is -0.160. The Labute approximate surface area is 177 Å². The van der Waals surface area contributed by atoms with Crippen molar-refractivity contribution < 1.29 is 15.3 Å². The van der Waals surface area contributed by atoms with Crippen LogP contribution < -0.4 is 5.32 Å². The Morgan fingerprint density at radius 3 is 2.48 bits per heavy atom. The van der Waals surface area contributed by atoms with Gasteiger partial charge in [-0.15, -0.1) is 0 Å². The summed E-state index contributed by atoms with van der Waals surface area (Å²) in [6.07, 6.45) is 8.51. The molecule has 4 fully saturated rings. The van der Waals surface area contributed by atoms with Crippen LogP contribution in [0.15, 0.2) is 0 Å². The summed E-state index contributed by atoms with van der Waals surface area (Å²) in [6, 6.07) is 0. The van der Waals surface area contributed by atoms with Gasteiger partial charge in [0.15, 0.2) is 0 Å². The van der Waals surface area contributed by atoms with Crippen molar-refractivity contribution in [2.45, 2.75) is 96.9 Å². The van der Waals surface area contributed by atoms with Crippen molar-refractivity contribution in [1.82, 2.24) is 5.32 Å². The Kier molecular flexibility index (Phi) is 6.14. The van der Waals surface area contributed by atoms with E-state index in [9.17, 15) is 15.3 Å². The van der Waals surface area contributed by atoms with E-state index < -0.39 is 0 Å². The van der Waals surface area contributed by atoms with E-state index in [-0.39, 0.29) is 29.1 Å². The number of hydrogen-bond acceptors (Lipinski definition) is 4. The smallest absolute Gasteiger partial charge is 0.0602 e. The van der Waals surface area contributed by atoms with E-state index in [1.54, 1.807) is 0 Å². The van der Waals surface area contributed by atoms with Crippen molar-refractivity contribution >= 4 is 0 Å². The fraction of sp³-hybridized carbons (Fsp3) is 1.00. The molecule has 168 valence electrons. The zero-order valence-electron chi connectivity index (χ0n) is 19.1.